The van der Waals surface area contributed by atoms with Crippen LogP contribution in [-0.2, 0) is 20.9 Å². The molecule has 0 fully saturated rings. The molecule has 0 spiro atoms. The Hall–Kier alpha value is 2.17. The zero-order valence-corrected chi connectivity index (χ0v) is 17.0. The van der Waals surface area contributed by atoms with E-state index in [0.717, 1.165) is 25.7 Å². The third-order valence-electron chi connectivity index (χ3n) is 2.49. The maximum absolute atomic E-state index is 11.6. The molecule has 0 aromatic rings. The molecule has 0 aliphatic rings. The Morgan fingerprint density at radius 1 is 0.833 bits per heavy atom. The minimum Gasteiger partial charge on any atom is -0.780 e. The third-order valence-corrected chi connectivity index (χ3v) is 4.12. The third kappa shape index (κ3) is 16.2. The van der Waals surface area contributed by atoms with Gasteiger partial charge in [0.25, 0.3) is 0 Å². The molecule has 0 saturated heterocycles. The van der Waals surface area contributed by atoms with Gasteiger partial charge in [-0.2, -0.15) is 0 Å². The first-order valence-electron chi connectivity index (χ1n) is 6.72. The van der Waals surface area contributed by atoms with E-state index in [-0.39, 0.29) is 51.4 Å². The van der Waals surface area contributed by atoms with E-state index in [0.29, 0.717) is 13.2 Å². The van der Waals surface area contributed by atoms with Crippen LogP contribution in [0.2, 0.25) is 0 Å². The van der Waals surface area contributed by atoms with E-state index in [2.05, 4.69) is 13.8 Å². The first-order valence-corrected chi connectivity index (χ1v) is 9.28. The molecule has 0 aliphatic carbocycles. The van der Waals surface area contributed by atoms with Crippen LogP contribution in [0, 0.1) is 0 Å². The molecule has 0 aromatic carbocycles. The molecule has 0 unspecified atom stereocenters. The van der Waals surface area contributed by atoms with Gasteiger partial charge in [-0.25, -0.2) is 0 Å². The van der Waals surface area contributed by atoms with Crippen LogP contribution in [0.4, 0.5) is 0 Å². The quantitative estimate of drug-likeness (QED) is 0.303. The zero-order chi connectivity index (χ0) is 13.0. The molecule has 0 saturated carbocycles. The van der Waals surface area contributed by atoms with E-state index >= 15 is 0 Å². The molecule has 0 atom stereocenters. The van der Waals surface area contributed by atoms with Crippen molar-refractivity contribution in [1.82, 2.24) is 0 Å². The summed E-state index contributed by atoms with van der Waals surface area (Å²) in [5, 5.41) is 0. The number of rotatable bonds is 12. The van der Waals surface area contributed by atoms with E-state index in [1.165, 1.54) is 25.7 Å². The predicted molar refractivity (Wildman–Crippen MR) is 74.5 cm³/mol. The summed E-state index contributed by atoms with van der Waals surface area (Å²) in [5.74, 6) is 0. The van der Waals surface area contributed by atoms with Crippen molar-refractivity contribution in [3.8, 4) is 0 Å². The molecule has 0 rings (SSSR count). The Balaban J connectivity index is 0. The van der Waals surface area contributed by atoms with Crippen LogP contribution in [0.1, 0.15) is 65.2 Å². The first-order chi connectivity index (χ1) is 8.12. The number of hydrogen-bond acceptors (Lipinski definition) is 4. The molecule has 0 aliphatic heterocycles. The van der Waals surface area contributed by atoms with Crippen LogP contribution >= 0.6 is 6.72 Å². The fraction of sp³-hybridized carbons (Fsp3) is 1.00. The molecule has 0 bridgehead atoms. The van der Waals surface area contributed by atoms with Crippen molar-refractivity contribution in [3.05, 3.63) is 0 Å². The van der Waals surface area contributed by atoms with E-state index in [1.807, 2.05) is 0 Å². The predicted octanol–water partition coefficient (Wildman–Crippen LogP) is 0.769. The van der Waals surface area contributed by atoms with E-state index in [1.54, 1.807) is 0 Å². The molecule has 0 aromatic heterocycles. The Bertz CT molecular complexity index is 199. The fourth-order valence-electron chi connectivity index (χ4n) is 1.45. The molecule has 6 heteroatoms. The van der Waals surface area contributed by atoms with Crippen molar-refractivity contribution in [1.29, 1.82) is 0 Å². The van der Waals surface area contributed by atoms with E-state index < -0.39 is 6.72 Å². The van der Waals surface area contributed by atoms with Gasteiger partial charge in [-0.3, -0.25) is 0 Å². The maximum atomic E-state index is 11.6. The molecular weight excluding hydrogens is 294 g/mol. The Kier molecular flexibility index (Phi) is 19.4. The van der Waals surface area contributed by atoms with Gasteiger partial charge in [0.1, 0.15) is 6.72 Å². The van der Waals surface area contributed by atoms with Gasteiger partial charge in [0.15, 0.2) is 0 Å². The molecule has 0 N–H and O–H groups in total. The molecule has 3 nitrogen and oxygen atoms in total. The molecule has 18 heavy (non-hydrogen) atoms. The van der Waals surface area contributed by atoms with E-state index in [9.17, 15) is 4.89 Å². The van der Waals surface area contributed by atoms with Crippen molar-refractivity contribution in [2.45, 2.75) is 65.2 Å². The molecule has 0 amide bonds. The standard InChI is InChI=1S/C12H27O3PS.K/c1-3-5-7-9-11-14-16(13,17)15-12-10-8-6-4-2;/h3-12H2,1-2H3,(H,13,17);/q;+1/p-1. The van der Waals surface area contributed by atoms with Gasteiger partial charge in [0.05, 0.1) is 13.2 Å². The number of unbranched alkanes of at least 4 members (excludes halogenated alkanes) is 6. The minimum absolute atomic E-state index is 0. The average Bonchev–Trinajstić information content (AvgIpc) is 2.28. The van der Waals surface area contributed by atoms with Crippen LogP contribution in [0.25, 0.3) is 0 Å². The monoisotopic (exact) mass is 320 g/mol. The second kappa shape index (κ2) is 15.6. The molecule has 104 valence electrons. The Labute approximate surface area is 160 Å². The topological polar surface area (TPSA) is 41.5 Å². The Morgan fingerprint density at radius 2 is 1.22 bits per heavy atom. The molecule has 0 radical (unpaired) electrons. The SMILES string of the molecule is CCCCCCOP([O-])(=S)OCCCCCC.[K+]. The van der Waals surface area contributed by atoms with Gasteiger partial charge in [0.2, 0.25) is 0 Å². The van der Waals surface area contributed by atoms with Gasteiger partial charge >= 0.3 is 51.4 Å². The smallest absolute Gasteiger partial charge is 0.780 e. The Morgan fingerprint density at radius 3 is 1.56 bits per heavy atom. The van der Waals surface area contributed by atoms with Crippen LogP contribution in [-0.4, -0.2) is 13.2 Å². The zero-order valence-electron chi connectivity index (χ0n) is 12.2. The summed E-state index contributed by atoms with van der Waals surface area (Å²) in [5.41, 5.74) is 0. The normalized spacial score (nSPS) is 11.3. The fourth-order valence-corrected chi connectivity index (χ4v) is 2.67. The van der Waals surface area contributed by atoms with Crippen molar-refractivity contribution in [3.63, 3.8) is 0 Å². The minimum atomic E-state index is -3.21. The summed E-state index contributed by atoms with van der Waals surface area (Å²) in [6.45, 7) is 2.00. The van der Waals surface area contributed by atoms with Crippen LogP contribution in [0.15, 0.2) is 0 Å². The number of hydrogen-bond donors (Lipinski definition) is 0. The van der Waals surface area contributed by atoms with Crippen molar-refractivity contribution >= 4 is 18.5 Å². The average molecular weight is 320 g/mol. The van der Waals surface area contributed by atoms with E-state index in [4.69, 9.17) is 20.9 Å². The summed E-state index contributed by atoms with van der Waals surface area (Å²) in [6, 6.07) is 0. The molecule has 0 heterocycles. The van der Waals surface area contributed by atoms with Gasteiger partial charge < -0.3 is 13.9 Å². The second-order valence-corrected chi connectivity index (χ2v) is 6.99. The first kappa shape index (κ1) is 22.4. The summed E-state index contributed by atoms with van der Waals surface area (Å²) >= 11 is 4.81. The van der Waals surface area contributed by atoms with Gasteiger partial charge in [-0.05, 0) is 12.8 Å². The van der Waals surface area contributed by atoms with Gasteiger partial charge in [-0.1, -0.05) is 64.2 Å². The van der Waals surface area contributed by atoms with Crippen molar-refractivity contribution in [2.24, 2.45) is 0 Å². The van der Waals surface area contributed by atoms with Crippen LogP contribution in [0.3, 0.4) is 0 Å². The maximum Gasteiger partial charge on any atom is 1.00 e. The summed E-state index contributed by atoms with van der Waals surface area (Å²) in [4.78, 5) is 11.6. The van der Waals surface area contributed by atoms with Gasteiger partial charge in [-0.15, -0.1) is 0 Å². The van der Waals surface area contributed by atoms with Crippen molar-refractivity contribution in [2.75, 3.05) is 13.2 Å². The summed E-state index contributed by atoms with van der Waals surface area (Å²) in [7, 11) is 0. The van der Waals surface area contributed by atoms with Crippen LogP contribution < -0.4 is 56.3 Å². The molecular formula is C12H26KO3PS. The summed E-state index contributed by atoms with van der Waals surface area (Å²) in [6.07, 6.45) is 8.75. The van der Waals surface area contributed by atoms with Gasteiger partial charge in [0, 0.05) is 0 Å². The summed E-state index contributed by atoms with van der Waals surface area (Å²) < 4.78 is 10.3. The van der Waals surface area contributed by atoms with Crippen molar-refractivity contribution < 1.29 is 65.3 Å². The largest absolute Gasteiger partial charge is 1.00 e. The van der Waals surface area contributed by atoms with Crippen LogP contribution in [0.5, 0.6) is 0 Å². The second-order valence-electron chi connectivity index (χ2n) is 4.23.